The fraction of sp³-hybridized carbons (Fsp3) is 0.786. The molecule has 0 amide bonds. The quantitative estimate of drug-likeness (QED) is 0.870. The molecule has 20 heavy (non-hydrogen) atoms. The van der Waals surface area contributed by atoms with E-state index in [0.29, 0.717) is 18.5 Å². The molecule has 1 aliphatic carbocycles. The van der Waals surface area contributed by atoms with Crippen LogP contribution in [0.5, 0.6) is 6.01 Å². The Morgan fingerprint density at radius 3 is 2.45 bits per heavy atom. The van der Waals surface area contributed by atoms with Crippen molar-refractivity contribution in [2.24, 2.45) is 11.8 Å². The molecule has 0 unspecified atom stereocenters. The van der Waals surface area contributed by atoms with Gasteiger partial charge in [0.1, 0.15) is 0 Å². The number of ether oxygens (including phenoxy) is 1. The highest BCUT2D eigenvalue weighted by Gasteiger charge is 2.20. The van der Waals surface area contributed by atoms with E-state index >= 15 is 0 Å². The van der Waals surface area contributed by atoms with Gasteiger partial charge in [0.25, 0.3) is 0 Å². The third-order valence-corrected chi connectivity index (χ3v) is 4.12. The van der Waals surface area contributed by atoms with Crippen molar-refractivity contribution >= 4 is 17.5 Å². The summed E-state index contributed by atoms with van der Waals surface area (Å²) < 4.78 is 5.26. The van der Waals surface area contributed by atoms with E-state index in [4.69, 9.17) is 16.3 Å². The summed E-state index contributed by atoms with van der Waals surface area (Å²) >= 11 is 5.86. The normalized spacial score (nSPS) is 22.6. The van der Waals surface area contributed by atoms with Gasteiger partial charge in [-0.1, -0.05) is 26.2 Å². The molecule has 1 fully saturated rings. The number of rotatable bonds is 6. The maximum atomic E-state index is 5.86. The SMILES string of the molecule is CCOc1nc(Cl)nc(NCC2CCC(CC)CC2)n1. The molecule has 1 aromatic rings. The summed E-state index contributed by atoms with van der Waals surface area (Å²) in [6.45, 7) is 5.57. The van der Waals surface area contributed by atoms with Crippen LogP contribution in [0.2, 0.25) is 5.28 Å². The average molecular weight is 299 g/mol. The molecular formula is C14H23ClN4O. The third kappa shape index (κ3) is 4.47. The molecule has 1 saturated carbocycles. The Morgan fingerprint density at radius 2 is 1.80 bits per heavy atom. The molecule has 0 radical (unpaired) electrons. The van der Waals surface area contributed by atoms with E-state index in [2.05, 4.69) is 27.2 Å². The predicted molar refractivity (Wildman–Crippen MR) is 80.2 cm³/mol. The third-order valence-electron chi connectivity index (χ3n) is 3.95. The molecular weight excluding hydrogens is 276 g/mol. The van der Waals surface area contributed by atoms with Crippen LogP contribution in [-0.4, -0.2) is 28.1 Å². The maximum absolute atomic E-state index is 5.86. The molecule has 0 spiro atoms. The van der Waals surface area contributed by atoms with E-state index in [1.165, 1.54) is 32.1 Å². The number of nitrogens with one attached hydrogen (secondary N) is 1. The van der Waals surface area contributed by atoms with Crippen LogP contribution in [0.3, 0.4) is 0 Å². The van der Waals surface area contributed by atoms with Crippen molar-refractivity contribution in [3.63, 3.8) is 0 Å². The molecule has 0 aromatic carbocycles. The van der Waals surface area contributed by atoms with Gasteiger partial charge in [-0.05, 0) is 43.2 Å². The highest BCUT2D eigenvalue weighted by molar-refractivity contribution is 6.28. The van der Waals surface area contributed by atoms with Crippen LogP contribution < -0.4 is 10.1 Å². The zero-order chi connectivity index (χ0) is 14.4. The molecule has 0 aliphatic heterocycles. The van der Waals surface area contributed by atoms with Crippen LogP contribution in [0.15, 0.2) is 0 Å². The number of halogens is 1. The van der Waals surface area contributed by atoms with Crippen LogP contribution in [-0.2, 0) is 0 Å². The minimum Gasteiger partial charge on any atom is -0.464 e. The topological polar surface area (TPSA) is 59.9 Å². The molecule has 1 heterocycles. The van der Waals surface area contributed by atoms with Crippen LogP contribution in [0.1, 0.15) is 46.0 Å². The van der Waals surface area contributed by atoms with Gasteiger partial charge in [0.2, 0.25) is 11.2 Å². The molecule has 1 N–H and O–H groups in total. The summed E-state index contributed by atoms with van der Waals surface area (Å²) in [4.78, 5) is 12.2. The van der Waals surface area contributed by atoms with Crippen molar-refractivity contribution in [2.45, 2.75) is 46.0 Å². The van der Waals surface area contributed by atoms with Crippen molar-refractivity contribution in [1.29, 1.82) is 0 Å². The van der Waals surface area contributed by atoms with E-state index in [-0.39, 0.29) is 11.3 Å². The fourth-order valence-electron chi connectivity index (χ4n) is 2.68. The first kappa shape index (κ1) is 15.3. The Bertz CT molecular complexity index is 422. The number of hydrogen-bond acceptors (Lipinski definition) is 5. The second-order valence-corrected chi connectivity index (χ2v) is 5.66. The summed E-state index contributed by atoms with van der Waals surface area (Å²) in [5.74, 6) is 2.12. The van der Waals surface area contributed by atoms with Gasteiger partial charge < -0.3 is 10.1 Å². The standard InChI is InChI=1S/C14H23ClN4O/c1-3-10-5-7-11(8-6-10)9-16-13-17-12(15)18-14(19-13)20-4-2/h10-11H,3-9H2,1-2H3,(H,16,17,18,19). The molecule has 0 atom stereocenters. The smallest absolute Gasteiger partial charge is 0.322 e. The van der Waals surface area contributed by atoms with Crippen molar-refractivity contribution < 1.29 is 4.74 Å². The van der Waals surface area contributed by atoms with Gasteiger partial charge in [-0.2, -0.15) is 15.0 Å². The van der Waals surface area contributed by atoms with Gasteiger partial charge in [-0.25, -0.2) is 0 Å². The number of anilines is 1. The van der Waals surface area contributed by atoms with Crippen LogP contribution in [0.4, 0.5) is 5.95 Å². The highest BCUT2D eigenvalue weighted by Crippen LogP contribution is 2.30. The largest absolute Gasteiger partial charge is 0.464 e. The van der Waals surface area contributed by atoms with E-state index in [9.17, 15) is 0 Å². The van der Waals surface area contributed by atoms with E-state index < -0.39 is 0 Å². The van der Waals surface area contributed by atoms with Crippen LogP contribution >= 0.6 is 11.6 Å². The molecule has 6 heteroatoms. The first-order valence-corrected chi connectivity index (χ1v) is 7.87. The van der Waals surface area contributed by atoms with Gasteiger partial charge in [0, 0.05) is 6.54 Å². The number of hydrogen-bond donors (Lipinski definition) is 1. The van der Waals surface area contributed by atoms with Crippen molar-refractivity contribution in [3.05, 3.63) is 5.28 Å². The van der Waals surface area contributed by atoms with Gasteiger partial charge in [-0.3, -0.25) is 0 Å². The summed E-state index contributed by atoms with van der Waals surface area (Å²) in [5, 5.41) is 3.43. The monoisotopic (exact) mass is 298 g/mol. The van der Waals surface area contributed by atoms with Crippen molar-refractivity contribution in [3.8, 4) is 6.01 Å². The molecule has 2 rings (SSSR count). The van der Waals surface area contributed by atoms with E-state index in [1.807, 2.05) is 6.92 Å². The average Bonchev–Trinajstić information content (AvgIpc) is 2.45. The Kier molecular flexibility index (Phi) is 5.83. The minimum absolute atomic E-state index is 0.167. The number of nitrogens with zero attached hydrogens (tertiary/aromatic N) is 3. The first-order chi connectivity index (χ1) is 9.71. The van der Waals surface area contributed by atoms with Crippen LogP contribution in [0.25, 0.3) is 0 Å². The van der Waals surface area contributed by atoms with Gasteiger partial charge >= 0.3 is 6.01 Å². The Balaban J connectivity index is 1.84. The van der Waals surface area contributed by atoms with Crippen molar-refractivity contribution in [1.82, 2.24) is 15.0 Å². The van der Waals surface area contributed by atoms with Crippen molar-refractivity contribution in [2.75, 3.05) is 18.5 Å². The Morgan fingerprint density at radius 1 is 1.10 bits per heavy atom. The lowest BCUT2D eigenvalue weighted by Gasteiger charge is -2.27. The predicted octanol–water partition coefficient (Wildman–Crippen LogP) is 3.55. The molecule has 1 aliphatic rings. The number of aromatic nitrogens is 3. The molecule has 0 saturated heterocycles. The highest BCUT2D eigenvalue weighted by atomic mass is 35.5. The van der Waals surface area contributed by atoms with E-state index in [1.54, 1.807) is 0 Å². The lowest BCUT2D eigenvalue weighted by molar-refractivity contribution is 0.277. The van der Waals surface area contributed by atoms with Crippen LogP contribution in [0, 0.1) is 11.8 Å². The Hall–Kier alpha value is -1.10. The second kappa shape index (κ2) is 7.62. The summed E-state index contributed by atoms with van der Waals surface area (Å²) in [6.07, 6.45) is 6.54. The minimum atomic E-state index is 0.167. The summed E-state index contributed by atoms with van der Waals surface area (Å²) in [6, 6.07) is 0.282. The lowest BCUT2D eigenvalue weighted by atomic mass is 9.81. The van der Waals surface area contributed by atoms with Gasteiger partial charge in [0.05, 0.1) is 6.61 Å². The molecule has 112 valence electrons. The fourth-order valence-corrected chi connectivity index (χ4v) is 2.84. The first-order valence-electron chi connectivity index (χ1n) is 7.49. The zero-order valence-corrected chi connectivity index (χ0v) is 13.0. The van der Waals surface area contributed by atoms with E-state index in [0.717, 1.165) is 12.5 Å². The Labute approximate surface area is 125 Å². The van der Waals surface area contributed by atoms with Gasteiger partial charge in [-0.15, -0.1) is 0 Å². The molecule has 1 aromatic heterocycles. The summed E-state index contributed by atoms with van der Waals surface area (Å²) in [7, 11) is 0. The zero-order valence-electron chi connectivity index (χ0n) is 12.2. The molecule has 5 nitrogen and oxygen atoms in total. The second-order valence-electron chi connectivity index (χ2n) is 5.32. The maximum Gasteiger partial charge on any atom is 0.322 e. The lowest BCUT2D eigenvalue weighted by Crippen LogP contribution is -2.22. The summed E-state index contributed by atoms with van der Waals surface area (Å²) in [5.41, 5.74) is 0. The molecule has 0 bridgehead atoms. The van der Waals surface area contributed by atoms with Gasteiger partial charge in [0.15, 0.2) is 0 Å².